The van der Waals surface area contributed by atoms with E-state index >= 15 is 0 Å². The van der Waals surface area contributed by atoms with Gasteiger partial charge >= 0.3 is 0 Å². The lowest BCUT2D eigenvalue weighted by Gasteiger charge is -2.23. The van der Waals surface area contributed by atoms with Gasteiger partial charge in [-0.1, -0.05) is 6.07 Å². The second kappa shape index (κ2) is 6.78. The highest BCUT2D eigenvalue weighted by molar-refractivity contribution is 7.10. The molecule has 1 aliphatic rings. The van der Waals surface area contributed by atoms with Gasteiger partial charge in [0.15, 0.2) is 6.61 Å². The molecule has 0 N–H and O–H groups in total. The number of hydrogen-bond acceptors (Lipinski definition) is 5. The van der Waals surface area contributed by atoms with Gasteiger partial charge in [-0.2, -0.15) is 0 Å². The zero-order valence-electron chi connectivity index (χ0n) is 12.4. The maximum atomic E-state index is 12.4. The molecule has 7 heteroatoms. The van der Waals surface area contributed by atoms with Crippen molar-refractivity contribution in [2.45, 2.75) is 18.9 Å². The number of nitrogens with zero attached hydrogens (tertiary/aromatic N) is 2. The lowest BCUT2D eigenvalue weighted by Crippen LogP contribution is -2.34. The normalized spacial score (nSPS) is 17.2. The number of ether oxygens (including phenoxy) is 1. The summed E-state index contributed by atoms with van der Waals surface area (Å²) in [6, 6.07) is 9.93. The highest BCUT2D eigenvalue weighted by Crippen LogP contribution is 2.34. The number of carbonyl (C=O) groups excluding carboxylic acids is 1. The summed E-state index contributed by atoms with van der Waals surface area (Å²) in [5.41, 5.74) is 0.000906. The molecule has 2 heterocycles. The smallest absolute Gasteiger partial charge is 0.269 e. The van der Waals surface area contributed by atoms with Gasteiger partial charge in [0, 0.05) is 23.6 Å². The van der Waals surface area contributed by atoms with Gasteiger partial charge in [0.05, 0.1) is 11.0 Å². The average molecular weight is 332 g/mol. The summed E-state index contributed by atoms with van der Waals surface area (Å²) in [5, 5.41) is 12.6. The summed E-state index contributed by atoms with van der Waals surface area (Å²) < 4.78 is 5.47. The first-order valence-corrected chi connectivity index (χ1v) is 8.23. The monoisotopic (exact) mass is 332 g/mol. The van der Waals surface area contributed by atoms with Gasteiger partial charge in [-0.15, -0.1) is 11.3 Å². The number of rotatable bonds is 5. The van der Waals surface area contributed by atoms with Crippen molar-refractivity contribution in [2.75, 3.05) is 13.2 Å². The second-order valence-electron chi connectivity index (χ2n) is 5.30. The predicted molar refractivity (Wildman–Crippen MR) is 86.6 cm³/mol. The minimum atomic E-state index is -0.467. The molecule has 0 radical (unpaired) electrons. The van der Waals surface area contributed by atoms with E-state index in [1.54, 1.807) is 11.3 Å². The molecular formula is C16H16N2O4S. The zero-order chi connectivity index (χ0) is 16.2. The summed E-state index contributed by atoms with van der Waals surface area (Å²) in [7, 11) is 0. The number of thiophene rings is 1. The van der Waals surface area contributed by atoms with Crippen LogP contribution in [-0.2, 0) is 4.79 Å². The molecule has 2 aromatic rings. The largest absolute Gasteiger partial charge is 0.484 e. The number of hydrogen-bond donors (Lipinski definition) is 0. The van der Waals surface area contributed by atoms with Crippen molar-refractivity contribution in [3.05, 3.63) is 56.8 Å². The lowest BCUT2D eigenvalue weighted by molar-refractivity contribution is -0.384. The van der Waals surface area contributed by atoms with E-state index in [2.05, 4.69) is 6.07 Å². The van der Waals surface area contributed by atoms with Crippen LogP contribution in [0.4, 0.5) is 5.69 Å². The fraction of sp³-hybridized carbons (Fsp3) is 0.312. The Balaban J connectivity index is 1.59. The zero-order valence-corrected chi connectivity index (χ0v) is 13.2. The van der Waals surface area contributed by atoms with E-state index in [0.29, 0.717) is 5.75 Å². The molecule has 1 aromatic carbocycles. The molecule has 0 aliphatic carbocycles. The van der Waals surface area contributed by atoms with Crippen LogP contribution in [0, 0.1) is 10.1 Å². The number of amides is 1. The van der Waals surface area contributed by atoms with Gasteiger partial charge in [-0.05, 0) is 36.4 Å². The van der Waals surface area contributed by atoms with Gasteiger partial charge < -0.3 is 9.64 Å². The van der Waals surface area contributed by atoms with E-state index in [9.17, 15) is 14.9 Å². The fourth-order valence-corrected chi connectivity index (χ4v) is 3.61. The highest BCUT2D eigenvalue weighted by atomic mass is 32.1. The van der Waals surface area contributed by atoms with Crippen molar-refractivity contribution in [1.29, 1.82) is 0 Å². The third kappa shape index (κ3) is 3.50. The molecule has 1 fully saturated rings. The minimum absolute atomic E-state index is 0.000906. The Labute approximate surface area is 137 Å². The van der Waals surface area contributed by atoms with E-state index in [4.69, 9.17) is 4.74 Å². The summed E-state index contributed by atoms with van der Waals surface area (Å²) in [4.78, 5) is 25.6. The maximum Gasteiger partial charge on any atom is 0.269 e. The van der Waals surface area contributed by atoms with E-state index in [0.717, 1.165) is 19.4 Å². The molecule has 3 rings (SSSR count). The van der Waals surface area contributed by atoms with Crippen molar-refractivity contribution >= 4 is 22.9 Å². The van der Waals surface area contributed by atoms with Crippen LogP contribution in [0.3, 0.4) is 0 Å². The van der Waals surface area contributed by atoms with Crippen LogP contribution in [0.1, 0.15) is 23.8 Å². The van der Waals surface area contributed by atoms with Gasteiger partial charge in [-0.3, -0.25) is 14.9 Å². The van der Waals surface area contributed by atoms with Crippen LogP contribution in [0.5, 0.6) is 5.75 Å². The lowest BCUT2D eigenvalue weighted by atomic mass is 10.2. The predicted octanol–water partition coefficient (Wildman–Crippen LogP) is 3.40. The molecule has 1 saturated heterocycles. The maximum absolute atomic E-state index is 12.4. The number of nitro benzene ring substituents is 1. The summed E-state index contributed by atoms with van der Waals surface area (Å²) in [5.74, 6) is 0.398. The molecule has 1 unspecified atom stereocenters. The SMILES string of the molecule is O=C(COc1ccc([N+](=O)[O-])cc1)N1CCCC1c1cccs1. The Kier molecular flexibility index (Phi) is 4.57. The number of non-ortho nitro benzene ring substituents is 1. The van der Waals surface area contributed by atoms with Crippen molar-refractivity contribution in [3.8, 4) is 5.75 Å². The third-order valence-electron chi connectivity index (χ3n) is 3.85. The van der Waals surface area contributed by atoms with E-state index in [-0.39, 0.29) is 24.2 Å². The van der Waals surface area contributed by atoms with Gasteiger partial charge in [-0.25, -0.2) is 0 Å². The van der Waals surface area contributed by atoms with Crippen molar-refractivity contribution in [2.24, 2.45) is 0 Å². The third-order valence-corrected chi connectivity index (χ3v) is 4.83. The van der Waals surface area contributed by atoms with Crippen LogP contribution in [0.2, 0.25) is 0 Å². The van der Waals surface area contributed by atoms with Crippen molar-refractivity contribution in [3.63, 3.8) is 0 Å². The number of benzene rings is 1. The quantitative estimate of drug-likeness (QED) is 0.621. The Morgan fingerprint density at radius 1 is 1.35 bits per heavy atom. The molecule has 0 saturated carbocycles. The van der Waals surface area contributed by atoms with Crippen LogP contribution >= 0.6 is 11.3 Å². The second-order valence-corrected chi connectivity index (χ2v) is 6.28. The molecule has 120 valence electrons. The summed E-state index contributed by atoms with van der Waals surface area (Å²) in [6.07, 6.45) is 1.97. The van der Waals surface area contributed by atoms with E-state index < -0.39 is 4.92 Å². The number of nitro groups is 1. The van der Waals surface area contributed by atoms with Crippen molar-refractivity contribution < 1.29 is 14.5 Å². The summed E-state index contributed by atoms with van der Waals surface area (Å²) in [6.45, 7) is 0.685. The van der Waals surface area contributed by atoms with Gasteiger partial charge in [0.2, 0.25) is 0 Å². The molecule has 0 bridgehead atoms. The first-order valence-electron chi connectivity index (χ1n) is 7.35. The Bertz CT molecular complexity index is 685. The standard InChI is InChI=1S/C16H16N2O4S/c19-16(11-22-13-7-5-12(6-8-13)18(20)21)17-9-1-3-14(17)15-4-2-10-23-15/h2,4-8,10,14H,1,3,9,11H2. The Morgan fingerprint density at radius 2 is 2.13 bits per heavy atom. The first-order chi connectivity index (χ1) is 11.1. The Hall–Kier alpha value is -2.41. The number of carbonyl (C=O) groups is 1. The minimum Gasteiger partial charge on any atom is -0.484 e. The molecule has 23 heavy (non-hydrogen) atoms. The Morgan fingerprint density at radius 3 is 2.78 bits per heavy atom. The highest BCUT2D eigenvalue weighted by Gasteiger charge is 2.30. The summed E-state index contributed by atoms with van der Waals surface area (Å²) >= 11 is 1.66. The van der Waals surface area contributed by atoms with Crippen LogP contribution in [0.15, 0.2) is 41.8 Å². The molecule has 1 aromatic heterocycles. The van der Waals surface area contributed by atoms with Gasteiger partial charge in [0.25, 0.3) is 11.6 Å². The first kappa shape index (κ1) is 15.5. The molecular weight excluding hydrogens is 316 g/mol. The van der Waals surface area contributed by atoms with Crippen LogP contribution in [-0.4, -0.2) is 28.9 Å². The molecule has 1 amide bonds. The van der Waals surface area contributed by atoms with Crippen LogP contribution in [0.25, 0.3) is 0 Å². The molecule has 1 atom stereocenters. The van der Waals surface area contributed by atoms with E-state index in [1.165, 1.54) is 29.1 Å². The molecule has 1 aliphatic heterocycles. The average Bonchev–Trinajstić information content (AvgIpc) is 3.23. The fourth-order valence-electron chi connectivity index (χ4n) is 2.73. The van der Waals surface area contributed by atoms with Gasteiger partial charge in [0.1, 0.15) is 5.75 Å². The molecule has 6 nitrogen and oxygen atoms in total. The van der Waals surface area contributed by atoms with Crippen LogP contribution < -0.4 is 4.74 Å². The number of likely N-dealkylation sites (tertiary alicyclic amines) is 1. The van der Waals surface area contributed by atoms with E-state index in [1.807, 2.05) is 16.3 Å². The van der Waals surface area contributed by atoms with Crippen molar-refractivity contribution in [1.82, 2.24) is 4.90 Å². The topological polar surface area (TPSA) is 72.7 Å². The molecule has 0 spiro atoms.